The van der Waals surface area contributed by atoms with Gasteiger partial charge in [0.25, 0.3) is 0 Å². The number of allylic oxidation sites excluding steroid dienone is 1. The van der Waals surface area contributed by atoms with Gasteiger partial charge in [0.1, 0.15) is 12.4 Å². The molecule has 2 aromatic rings. The Morgan fingerprint density at radius 1 is 1.14 bits per heavy atom. The molecule has 0 saturated carbocycles. The Morgan fingerprint density at radius 3 is 2.59 bits per heavy atom. The Kier molecular flexibility index (Phi) is 4.05. The first-order valence-corrected chi connectivity index (χ1v) is 7.37. The fraction of sp³-hybridized carbons (Fsp3) is 0.263. The first-order chi connectivity index (χ1) is 10.6. The number of hydrogen-bond donors (Lipinski definition) is 0. The van der Waals surface area contributed by atoms with Crippen molar-refractivity contribution in [2.24, 2.45) is 0 Å². The summed E-state index contributed by atoms with van der Waals surface area (Å²) in [6.07, 6.45) is 0.764. The standard InChI is InChI=1S/C19H20O3/c1-13(2)8-16-9-18-19(22-12-21-18)10-17(16)20-11-15-7-5-4-6-14(15)3/h4-7,9-10H,1,8,11-12H2,2-3H3. The molecule has 0 spiro atoms. The summed E-state index contributed by atoms with van der Waals surface area (Å²) in [4.78, 5) is 0. The van der Waals surface area contributed by atoms with Gasteiger partial charge in [-0.2, -0.15) is 0 Å². The molecule has 0 amide bonds. The maximum absolute atomic E-state index is 6.05. The number of fused-ring (bicyclic) bond motifs is 1. The van der Waals surface area contributed by atoms with E-state index in [2.05, 4.69) is 25.6 Å². The molecule has 3 rings (SSSR count). The number of rotatable bonds is 5. The van der Waals surface area contributed by atoms with Gasteiger partial charge < -0.3 is 14.2 Å². The van der Waals surface area contributed by atoms with E-state index in [0.717, 1.165) is 34.8 Å². The lowest BCUT2D eigenvalue weighted by Gasteiger charge is -2.14. The van der Waals surface area contributed by atoms with Crippen molar-refractivity contribution in [2.75, 3.05) is 6.79 Å². The zero-order chi connectivity index (χ0) is 15.5. The average Bonchev–Trinajstić information content (AvgIpc) is 2.92. The van der Waals surface area contributed by atoms with Gasteiger partial charge in [-0.3, -0.25) is 0 Å². The monoisotopic (exact) mass is 296 g/mol. The van der Waals surface area contributed by atoms with Crippen molar-refractivity contribution in [3.05, 3.63) is 65.2 Å². The molecule has 0 atom stereocenters. The van der Waals surface area contributed by atoms with Crippen LogP contribution < -0.4 is 14.2 Å². The van der Waals surface area contributed by atoms with Gasteiger partial charge in [0.05, 0.1) is 0 Å². The first kappa shape index (κ1) is 14.5. The molecule has 0 aromatic heterocycles. The lowest BCUT2D eigenvalue weighted by molar-refractivity contribution is 0.173. The predicted molar refractivity (Wildman–Crippen MR) is 86.6 cm³/mol. The number of ether oxygens (including phenoxy) is 3. The SMILES string of the molecule is C=C(C)Cc1cc2c(cc1OCc1ccccc1C)OCO2. The Bertz CT molecular complexity index is 704. The van der Waals surface area contributed by atoms with Gasteiger partial charge in [-0.05, 0) is 37.5 Å². The summed E-state index contributed by atoms with van der Waals surface area (Å²) >= 11 is 0. The van der Waals surface area contributed by atoms with Gasteiger partial charge in [0.15, 0.2) is 11.5 Å². The average molecular weight is 296 g/mol. The van der Waals surface area contributed by atoms with E-state index in [1.165, 1.54) is 11.1 Å². The van der Waals surface area contributed by atoms with Gasteiger partial charge in [0.2, 0.25) is 6.79 Å². The van der Waals surface area contributed by atoms with Crippen LogP contribution >= 0.6 is 0 Å². The molecule has 22 heavy (non-hydrogen) atoms. The second-order valence-corrected chi connectivity index (χ2v) is 5.66. The van der Waals surface area contributed by atoms with Gasteiger partial charge in [0, 0.05) is 11.6 Å². The second kappa shape index (κ2) is 6.14. The van der Waals surface area contributed by atoms with Crippen molar-refractivity contribution >= 4 is 0 Å². The van der Waals surface area contributed by atoms with Crippen molar-refractivity contribution in [3.8, 4) is 17.2 Å². The van der Waals surface area contributed by atoms with Crippen molar-refractivity contribution in [2.45, 2.75) is 26.9 Å². The highest BCUT2D eigenvalue weighted by molar-refractivity contribution is 5.52. The minimum atomic E-state index is 0.267. The Balaban J connectivity index is 1.85. The molecule has 114 valence electrons. The van der Waals surface area contributed by atoms with E-state index in [0.29, 0.717) is 6.61 Å². The molecule has 0 N–H and O–H groups in total. The van der Waals surface area contributed by atoms with Crippen LogP contribution in [0.2, 0.25) is 0 Å². The van der Waals surface area contributed by atoms with Crippen LogP contribution in [0, 0.1) is 6.92 Å². The zero-order valence-corrected chi connectivity index (χ0v) is 13.0. The maximum atomic E-state index is 6.05. The minimum Gasteiger partial charge on any atom is -0.488 e. The molecule has 0 unspecified atom stereocenters. The van der Waals surface area contributed by atoms with Crippen molar-refractivity contribution in [1.29, 1.82) is 0 Å². The van der Waals surface area contributed by atoms with E-state index >= 15 is 0 Å². The van der Waals surface area contributed by atoms with Crippen LogP contribution in [0.25, 0.3) is 0 Å². The molecule has 0 fully saturated rings. The fourth-order valence-corrected chi connectivity index (χ4v) is 2.49. The van der Waals surface area contributed by atoms with Gasteiger partial charge in [-0.1, -0.05) is 36.4 Å². The van der Waals surface area contributed by atoms with Crippen LogP contribution in [0.5, 0.6) is 17.2 Å². The summed E-state index contributed by atoms with van der Waals surface area (Å²) in [6, 6.07) is 12.1. The molecule has 1 aliphatic heterocycles. The van der Waals surface area contributed by atoms with Gasteiger partial charge in [-0.25, -0.2) is 0 Å². The van der Waals surface area contributed by atoms with Crippen molar-refractivity contribution in [3.63, 3.8) is 0 Å². The predicted octanol–water partition coefficient (Wildman–Crippen LogP) is 4.42. The summed E-state index contributed by atoms with van der Waals surface area (Å²) in [5, 5.41) is 0. The van der Waals surface area contributed by atoms with E-state index in [-0.39, 0.29) is 6.79 Å². The number of aryl methyl sites for hydroxylation is 1. The largest absolute Gasteiger partial charge is 0.488 e. The minimum absolute atomic E-state index is 0.267. The van der Waals surface area contributed by atoms with Gasteiger partial charge in [-0.15, -0.1) is 0 Å². The maximum Gasteiger partial charge on any atom is 0.231 e. The van der Waals surface area contributed by atoms with E-state index in [1.807, 2.05) is 31.2 Å². The summed E-state index contributed by atoms with van der Waals surface area (Å²) < 4.78 is 17.0. The van der Waals surface area contributed by atoms with Crippen LogP contribution in [0.1, 0.15) is 23.6 Å². The molecule has 2 aromatic carbocycles. The molecule has 0 aliphatic carbocycles. The molecule has 3 nitrogen and oxygen atoms in total. The summed E-state index contributed by atoms with van der Waals surface area (Å²) in [5.41, 5.74) is 4.57. The first-order valence-electron chi connectivity index (χ1n) is 7.37. The van der Waals surface area contributed by atoms with Crippen molar-refractivity contribution in [1.82, 2.24) is 0 Å². The van der Waals surface area contributed by atoms with Crippen LogP contribution in [0.3, 0.4) is 0 Å². The molecule has 0 radical (unpaired) electrons. The van der Waals surface area contributed by atoms with Crippen LogP contribution in [-0.4, -0.2) is 6.79 Å². The van der Waals surface area contributed by atoms with E-state index in [4.69, 9.17) is 14.2 Å². The third-order valence-corrected chi connectivity index (χ3v) is 3.69. The lowest BCUT2D eigenvalue weighted by atomic mass is 10.1. The molecular formula is C19H20O3. The third kappa shape index (κ3) is 3.08. The highest BCUT2D eigenvalue weighted by Crippen LogP contribution is 2.39. The quantitative estimate of drug-likeness (QED) is 0.764. The normalized spacial score (nSPS) is 12.3. The van der Waals surface area contributed by atoms with Crippen LogP contribution in [0.4, 0.5) is 0 Å². The fourth-order valence-electron chi connectivity index (χ4n) is 2.49. The summed E-state index contributed by atoms with van der Waals surface area (Å²) in [7, 11) is 0. The smallest absolute Gasteiger partial charge is 0.231 e. The van der Waals surface area contributed by atoms with Crippen molar-refractivity contribution < 1.29 is 14.2 Å². The Morgan fingerprint density at radius 2 is 1.86 bits per heavy atom. The number of benzene rings is 2. The molecule has 0 saturated heterocycles. The summed E-state index contributed by atoms with van der Waals surface area (Å²) in [6.45, 7) is 8.89. The molecule has 3 heteroatoms. The zero-order valence-electron chi connectivity index (χ0n) is 13.0. The van der Waals surface area contributed by atoms with Gasteiger partial charge >= 0.3 is 0 Å². The summed E-state index contributed by atoms with van der Waals surface area (Å²) in [5.74, 6) is 2.35. The highest BCUT2D eigenvalue weighted by Gasteiger charge is 2.18. The van der Waals surface area contributed by atoms with E-state index < -0.39 is 0 Å². The Hall–Kier alpha value is -2.42. The highest BCUT2D eigenvalue weighted by atomic mass is 16.7. The molecule has 1 heterocycles. The lowest BCUT2D eigenvalue weighted by Crippen LogP contribution is -2.01. The molecule has 1 aliphatic rings. The molecular weight excluding hydrogens is 276 g/mol. The Labute approximate surface area is 131 Å². The second-order valence-electron chi connectivity index (χ2n) is 5.66. The van der Waals surface area contributed by atoms with Crippen LogP contribution in [-0.2, 0) is 13.0 Å². The van der Waals surface area contributed by atoms with Crippen LogP contribution in [0.15, 0.2) is 48.6 Å². The topological polar surface area (TPSA) is 27.7 Å². The third-order valence-electron chi connectivity index (χ3n) is 3.69. The molecule has 0 bridgehead atoms. The van der Waals surface area contributed by atoms with E-state index in [1.54, 1.807) is 0 Å². The van der Waals surface area contributed by atoms with E-state index in [9.17, 15) is 0 Å². The number of hydrogen-bond acceptors (Lipinski definition) is 3.